The number of nitrogens with one attached hydrogen (secondary N) is 2. The highest BCUT2D eigenvalue weighted by Gasteiger charge is 2.44. The van der Waals surface area contributed by atoms with E-state index in [1.807, 2.05) is 13.1 Å². The number of aliphatic imine (C=N–C) groups is 1. The summed E-state index contributed by atoms with van der Waals surface area (Å²) in [6.45, 7) is 4.87. The Morgan fingerprint density at radius 1 is 1.22 bits per heavy atom. The van der Waals surface area contributed by atoms with Gasteiger partial charge in [-0.25, -0.2) is 0 Å². The summed E-state index contributed by atoms with van der Waals surface area (Å²) in [5, 5.41) is 6.90. The molecule has 7 nitrogen and oxygen atoms in total. The fourth-order valence-electron chi connectivity index (χ4n) is 3.37. The van der Waals surface area contributed by atoms with E-state index in [2.05, 4.69) is 39.7 Å². The summed E-state index contributed by atoms with van der Waals surface area (Å²) >= 11 is 0. The van der Waals surface area contributed by atoms with Gasteiger partial charge in [0.25, 0.3) is 0 Å². The molecule has 0 aromatic heterocycles. The van der Waals surface area contributed by atoms with Crippen LogP contribution >= 0.6 is 0 Å². The van der Waals surface area contributed by atoms with Gasteiger partial charge in [0.2, 0.25) is 6.79 Å². The zero-order valence-corrected chi connectivity index (χ0v) is 16.7. The van der Waals surface area contributed by atoms with E-state index >= 15 is 0 Å². The molecule has 0 atom stereocenters. The molecule has 1 aromatic carbocycles. The molecule has 0 saturated heterocycles. The second-order valence-electron chi connectivity index (χ2n) is 7.35. The molecule has 2 N–H and O–H groups in total. The van der Waals surface area contributed by atoms with Crippen molar-refractivity contribution in [3.63, 3.8) is 0 Å². The Hall–Kier alpha value is -1.99. The zero-order valence-electron chi connectivity index (χ0n) is 16.7. The van der Waals surface area contributed by atoms with Crippen molar-refractivity contribution < 1.29 is 14.2 Å². The van der Waals surface area contributed by atoms with Gasteiger partial charge in [0, 0.05) is 52.4 Å². The second-order valence-corrected chi connectivity index (χ2v) is 7.35. The molecule has 27 heavy (non-hydrogen) atoms. The van der Waals surface area contributed by atoms with Gasteiger partial charge in [-0.05, 0) is 44.0 Å². The van der Waals surface area contributed by atoms with Crippen LogP contribution < -0.4 is 20.1 Å². The minimum Gasteiger partial charge on any atom is -0.454 e. The molecule has 0 radical (unpaired) electrons. The topological polar surface area (TPSA) is 67.4 Å². The van der Waals surface area contributed by atoms with Crippen molar-refractivity contribution in [3.8, 4) is 11.5 Å². The van der Waals surface area contributed by atoms with Crippen LogP contribution in [0.1, 0.15) is 24.8 Å². The first kappa shape index (κ1) is 19.8. The first-order valence-electron chi connectivity index (χ1n) is 9.69. The molecule has 3 rings (SSSR count). The van der Waals surface area contributed by atoms with E-state index in [-0.39, 0.29) is 5.41 Å². The predicted octanol–water partition coefficient (Wildman–Crippen LogP) is 1.58. The van der Waals surface area contributed by atoms with Gasteiger partial charge >= 0.3 is 0 Å². The zero-order chi connectivity index (χ0) is 19.1. The minimum atomic E-state index is 0.176. The Labute approximate surface area is 162 Å². The maximum atomic E-state index is 5.53. The number of guanidine groups is 1. The van der Waals surface area contributed by atoms with Crippen molar-refractivity contribution in [2.75, 3.05) is 60.8 Å². The standard InChI is InChI=1S/C20H32N4O3/c1-21-19(22-9-11-24(2)10-4-12-25-3)23-14-20(7-8-20)16-5-6-17-18(13-16)27-15-26-17/h5-6,13H,4,7-12,14-15H2,1-3H3,(H2,21,22,23). The molecule has 1 heterocycles. The summed E-state index contributed by atoms with van der Waals surface area (Å²) in [6.07, 6.45) is 3.41. The first-order valence-corrected chi connectivity index (χ1v) is 9.69. The molecule has 1 aromatic rings. The lowest BCUT2D eigenvalue weighted by Gasteiger charge is -2.21. The average molecular weight is 377 g/mol. The van der Waals surface area contributed by atoms with Crippen LogP contribution in [0.15, 0.2) is 23.2 Å². The number of likely N-dealkylation sites (N-methyl/N-ethyl adjacent to an activating group) is 1. The van der Waals surface area contributed by atoms with E-state index in [0.29, 0.717) is 6.79 Å². The lowest BCUT2D eigenvalue weighted by atomic mass is 9.95. The van der Waals surface area contributed by atoms with Gasteiger partial charge in [-0.2, -0.15) is 0 Å². The summed E-state index contributed by atoms with van der Waals surface area (Å²) in [6, 6.07) is 6.31. The maximum absolute atomic E-state index is 5.53. The van der Waals surface area contributed by atoms with Crippen LogP contribution in [0.3, 0.4) is 0 Å². The molecular weight excluding hydrogens is 344 g/mol. The lowest BCUT2D eigenvalue weighted by molar-refractivity contribution is 0.174. The van der Waals surface area contributed by atoms with Crippen LogP contribution in [0.2, 0.25) is 0 Å². The number of hydrogen-bond donors (Lipinski definition) is 2. The third-order valence-electron chi connectivity index (χ3n) is 5.33. The largest absolute Gasteiger partial charge is 0.454 e. The number of rotatable bonds is 10. The highest BCUT2D eigenvalue weighted by atomic mass is 16.7. The van der Waals surface area contributed by atoms with Gasteiger partial charge in [0.05, 0.1) is 0 Å². The number of benzene rings is 1. The highest BCUT2D eigenvalue weighted by molar-refractivity contribution is 5.79. The Morgan fingerprint density at radius 2 is 2.04 bits per heavy atom. The third kappa shape index (κ3) is 5.26. The Balaban J connectivity index is 1.43. The first-order chi connectivity index (χ1) is 13.2. The van der Waals surface area contributed by atoms with Gasteiger partial charge < -0.3 is 29.7 Å². The van der Waals surface area contributed by atoms with Crippen molar-refractivity contribution in [1.29, 1.82) is 0 Å². The summed E-state index contributed by atoms with van der Waals surface area (Å²) in [4.78, 5) is 6.65. The van der Waals surface area contributed by atoms with Crippen LogP contribution in [0.25, 0.3) is 0 Å². The molecule has 0 spiro atoms. The maximum Gasteiger partial charge on any atom is 0.231 e. The fourth-order valence-corrected chi connectivity index (χ4v) is 3.37. The number of nitrogens with zero attached hydrogens (tertiary/aromatic N) is 2. The molecular formula is C20H32N4O3. The predicted molar refractivity (Wildman–Crippen MR) is 107 cm³/mol. The molecule has 1 saturated carbocycles. The van der Waals surface area contributed by atoms with E-state index in [1.54, 1.807) is 7.11 Å². The molecule has 150 valence electrons. The molecule has 2 aliphatic rings. The quantitative estimate of drug-likeness (QED) is 0.367. The molecule has 7 heteroatoms. The van der Waals surface area contributed by atoms with E-state index in [9.17, 15) is 0 Å². The molecule has 1 aliphatic heterocycles. The lowest BCUT2D eigenvalue weighted by Crippen LogP contribution is -2.43. The highest BCUT2D eigenvalue weighted by Crippen LogP contribution is 2.49. The molecule has 0 unspecified atom stereocenters. The van der Waals surface area contributed by atoms with Crippen LogP contribution in [-0.2, 0) is 10.2 Å². The van der Waals surface area contributed by atoms with Gasteiger partial charge in [0.1, 0.15) is 0 Å². The van der Waals surface area contributed by atoms with Crippen molar-refractivity contribution in [2.24, 2.45) is 4.99 Å². The second kappa shape index (κ2) is 9.28. The van der Waals surface area contributed by atoms with Crippen molar-refractivity contribution in [1.82, 2.24) is 15.5 Å². The van der Waals surface area contributed by atoms with Gasteiger partial charge in [-0.15, -0.1) is 0 Å². The molecule has 1 fully saturated rings. The number of methoxy groups -OCH3 is 1. The number of hydrogen-bond acceptors (Lipinski definition) is 5. The number of fused-ring (bicyclic) bond motifs is 1. The minimum absolute atomic E-state index is 0.176. The fraction of sp³-hybridized carbons (Fsp3) is 0.650. The smallest absolute Gasteiger partial charge is 0.231 e. The summed E-state index contributed by atoms with van der Waals surface area (Å²) < 4.78 is 16.0. The van der Waals surface area contributed by atoms with E-state index in [4.69, 9.17) is 14.2 Å². The normalized spacial score (nSPS) is 17.3. The van der Waals surface area contributed by atoms with Gasteiger partial charge in [-0.1, -0.05) is 6.07 Å². The number of ether oxygens (including phenoxy) is 3. The molecule has 0 amide bonds. The monoisotopic (exact) mass is 376 g/mol. The van der Waals surface area contributed by atoms with Crippen LogP contribution in [-0.4, -0.2) is 71.6 Å². The SMILES string of the molecule is CN=C(NCCN(C)CCCOC)NCC1(c2ccc3c(c2)OCO3)CC1. The van der Waals surface area contributed by atoms with Crippen LogP contribution in [0.4, 0.5) is 0 Å². The van der Waals surface area contributed by atoms with Crippen molar-refractivity contribution in [2.45, 2.75) is 24.7 Å². The van der Waals surface area contributed by atoms with Crippen LogP contribution in [0.5, 0.6) is 11.5 Å². The van der Waals surface area contributed by atoms with E-state index in [0.717, 1.165) is 56.7 Å². The third-order valence-corrected chi connectivity index (χ3v) is 5.33. The Morgan fingerprint density at radius 3 is 2.78 bits per heavy atom. The van der Waals surface area contributed by atoms with Crippen molar-refractivity contribution in [3.05, 3.63) is 23.8 Å². The van der Waals surface area contributed by atoms with Gasteiger partial charge in [0.15, 0.2) is 17.5 Å². The summed E-state index contributed by atoms with van der Waals surface area (Å²) in [5.74, 6) is 2.56. The van der Waals surface area contributed by atoms with E-state index in [1.165, 1.54) is 18.4 Å². The summed E-state index contributed by atoms with van der Waals surface area (Å²) in [5.41, 5.74) is 1.49. The Kier molecular flexibility index (Phi) is 6.79. The van der Waals surface area contributed by atoms with Crippen molar-refractivity contribution >= 4 is 5.96 Å². The molecule has 0 bridgehead atoms. The van der Waals surface area contributed by atoms with Crippen LogP contribution in [0, 0.1) is 0 Å². The van der Waals surface area contributed by atoms with E-state index < -0.39 is 0 Å². The Bertz CT molecular complexity index is 646. The molecule has 1 aliphatic carbocycles. The summed E-state index contributed by atoms with van der Waals surface area (Å²) in [7, 11) is 5.69. The van der Waals surface area contributed by atoms with Gasteiger partial charge in [-0.3, -0.25) is 4.99 Å². The average Bonchev–Trinajstić information content (AvgIpc) is 3.32.